The van der Waals surface area contributed by atoms with Gasteiger partial charge in [0.05, 0.1) is 0 Å². The van der Waals surface area contributed by atoms with Gasteiger partial charge in [0.25, 0.3) is 0 Å². The lowest BCUT2D eigenvalue weighted by molar-refractivity contribution is -0.132. The van der Waals surface area contributed by atoms with Gasteiger partial charge in [-0.2, -0.15) is 0 Å². The molecule has 4 nitrogen and oxygen atoms in total. The Labute approximate surface area is 111 Å². The SMILES string of the molecule is CC1CN(C(=O)CCC2CCCN(C)C2)CCN1. The minimum Gasteiger partial charge on any atom is -0.340 e. The third-order valence-corrected chi connectivity index (χ3v) is 4.21. The molecule has 0 spiro atoms. The molecule has 2 rings (SSSR count). The van der Waals surface area contributed by atoms with E-state index in [1.54, 1.807) is 0 Å². The molecule has 2 atom stereocenters. The monoisotopic (exact) mass is 253 g/mol. The van der Waals surface area contributed by atoms with Gasteiger partial charge < -0.3 is 15.1 Å². The van der Waals surface area contributed by atoms with Crippen molar-refractivity contribution in [1.29, 1.82) is 0 Å². The van der Waals surface area contributed by atoms with Crippen LogP contribution in [0.25, 0.3) is 0 Å². The second kappa shape index (κ2) is 6.53. The molecule has 2 unspecified atom stereocenters. The highest BCUT2D eigenvalue weighted by atomic mass is 16.2. The number of hydrogen-bond donors (Lipinski definition) is 1. The van der Waals surface area contributed by atoms with Gasteiger partial charge in [-0.15, -0.1) is 0 Å². The lowest BCUT2D eigenvalue weighted by Crippen LogP contribution is -2.51. The van der Waals surface area contributed by atoms with Crippen molar-refractivity contribution in [2.45, 2.75) is 38.6 Å². The third-order valence-electron chi connectivity index (χ3n) is 4.21. The molecule has 0 aromatic heterocycles. The van der Waals surface area contributed by atoms with Crippen LogP contribution in [-0.4, -0.2) is 61.5 Å². The van der Waals surface area contributed by atoms with Crippen LogP contribution in [0.5, 0.6) is 0 Å². The van der Waals surface area contributed by atoms with Gasteiger partial charge in [-0.05, 0) is 45.7 Å². The summed E-state index contributed by atoms with van der Waals surface area (Å²) in [4.78, 5) is 16.6. The summed E-state index contributed by atoms with van der Waals surface area (Å²) in [7, 11) is 2.19. The van der Waals surface area contributed by atoms with Gasteiger partial charge in [-0.1, -0.05) is 0 Å². The van der Waals surface area contributed by atoms with E-state index < -0.39 is 0 Å². The summed E-state index contributed by atoms with van der Waals surface area (Å²) in [5.41, 5.74) is 0. The Morgan fingerprint density at radius 3 is 2.89 bits per heavy atom. The Bertz CT molecular complexity index is 282. The summed E-state index contributed by atoms with van der Waals surface area (Å²) >= 11 is 0. The molecule has 104 valence electrons. The van der Waals surface area contributed by atoms with Crippen LogP contribution in [0.3, 0.4) is 0 Å². The fraction of sp³-hybridized carbons (Fsp3) is 0.929. The summed E-state index contributed by atoms with van der Waals surface area (Å²) in [5, 5.41) is 3.38. The van der Waals surface area contributed by atoms with Crippen molar-refractivity contribution in [2.24, 2.45) is 5.92 Å². The van der Waals surface area contributed by atoms with E-state index in [2.05, 4.69) is 24.2 Å². The maximum absolute atomic E-state index is 12.2. The van der Waals surface area contributed by atoms with Gasteiger partial charge in [0.15, 0.2) is 0 Å². The number of piperazine rings is 1. The van der Waals surface area contributed by atoms with Crippen molar-refractivity contribution >= 4 is 5.91 Å². The van der Waals surface area contributed by atoms with Gasteiger partial charge in [0, 0.05) is 38.6 Å². The molecule has 2 aliphatic heterocycles. The van der Waals surface area contributed by atoms with Crippen LogP contribution in [0.4, 0.5) is 0 Å². The fourth-order valence-corrected chi connectivity index (χ4v) is 3.15. The predicted molar refractivity (Wildman–Crippen MR) is 73.5 cm³/mol. The van der Waals surface area contributed by atoms with Crippen molar-refractivity contribution in [2.75, 3.05) is 39.8 Å². The quantitative estimate of drug-likeness (QED) is 0.813. The highest BCUT2D eigenvalue weighted by molar-refractivity contribution is 5.76. The van der Waals surface area contributed by atoms with E-state index in [4.69, 9.17) is 0 Å². The first-order valence-corrected chi connectivity index (χ1v) is 7.35. The van der Waals surface area contributed by atoms with Gasteiger partial charge >= 0.3 is 0 Å². The molecule has 1 N–H and O–H groups in total. The predicted octanol–water partition coefficient (Wildman–Crippen LogP) is 0.929. The number of piperidine rings is 1. The molecule has 18 heavy (non-hydrogen) atoms. The van der Waals surface area contributed by atoms with Crippen molar-refractivity contribution < 1.29 is 4.79 Å². The highest BCUT2D eigenvalue weighted by Crippen LogP contribution is 2.20. The van der Waals surface area contributed by atoms with Crippen molar-refractivity contribution in [1.82, 2.24) is 15.1 Å². The number of carbonyl (C=O) groups excluding carboxylic acids is 1. The summed E-state index contributed by atoms with van der Waals surface area (Å²) in [6, 6.07) is 0.448. The van der Waals surface area contributed by atoms with Gasteiger partial charge in [0.1, 0.15) is 0 Å². The molecule has 1 amide bonds. The zero-order chi connectivity index (χ0) is 13.0. The highest BCUT2D eigenvalue weighted by Gasteiger charge is 2.22. The molecule has 2 aliphatic rings. The summed E-state index contributed by atoms with van der Waals surface area (Å²) in [5.74, 6) is 1.09. The lowest BCUT2D eigenvalue weighted by atomic mass is 9.93. The van der Waals surface area contributed by atoms with Crippen LogP contribution in [0.1, 0.15) is 32.6 Å². The molecule has 0 radical (unpaired) electrons. The molecule has 0 aromatic rings. The minimum absolute atomic E-state index is 0.358. The summed E-state index contributed by atoms with van der Waals surface area (Å²) in [6.07, 6.45) is 4.41. The lowest BCUT2D eigenvalue weighted by Gasteiger charge is -2.33. The van der Waals surface area contributed by atoms with Gasteiger partial charge in [-0.25, -0.2) is 0 Å². The van der Waals surface area contributed by atoms with Crippen molar-refractivity contribution in [3.05, 3.63) is 0 Å². The fourth-order valence-electron chi connectivity index (χ4n) is 3.15. The first-order valence-electron chi connectivity index (χ1n) is 7.35. The molecular weight excluding hydrogens is 226 g/mol. The van der Waals surface area contributed by atoms with Gasteiger partial charge in [-0.3, -0.25) is 4.79 Å². The molecule has 2 saturated heterocycles. The molecular formula is C14H27N3O. The van der Waals surface area contributed by atoms with Crippen LogP contribution in [0, 0.1) is 5.92 Å². The van der Waals surface area contributed by atoms with Crippen LogP contribution >= 0.6 is 0 Å². The van der Waals surface area contributed by atoms with Crippen LogP contribution in [0.2, 0.25) is 0 Å². The van der Waals surface area contributed by atoms with E-state index in [1.807, 2.05) is 4.90 Å². The normalized spacial score (nSPS) is 30.4. The average molecular weight is 253 g/mol. The molecule has 2 heterocycles. The average Bonchev–Trinajstić information content (AvgIpc) is 2.36. The minimum atomic E-state index is 0.358. The number of carbonyl (C=O) groups is 1. The first-order chi connectivity index (χ1) is 8.65. The Hall–Kier alpha value is -0.610. The van der Waals surface area contributed by atoms with E-state index in [1.165, 1.54) is 25.9 Å². The van der Waals surface area contributed by atoms with E-state index in [-0.39, 0.29) is 0 Å². The van der Waals surface area contributed by atoms with Crippen molar-refractivity contribution in [3.63, 3.8) is 0 Å². The standard InChI is InChI=1S/C14H27N3O/c1-12-10-17(9-7-15-12)14(18)6-5-13-4-3-8-16(2)11-13/h12-13,15H,3-11H2,1-2H3. The van der Waals surface area contributed by atoms with E-state index >= 15 is 0 Å². The van der Waals surface area contributed by atoms with Crippen LogP contribution in [0.15, 0.2) is 0 Å². The second-order valence-electron chi connectivity index (χ2n) is 6.00. The molecule has 0 aromatic carbocycles. The molecule has 2 fully saturated rings. The Kier molecular flexibility index (Phi) is 5.01. The number of likely N-dealkylation sites (tertiary alicyclic amines) is 1. The van der Waals surface area contributed by atoms with E-state index in [0.717, 1.165) is 38.4 Å². The van der Waals surface area contributed by atoms with E-state index in [0.29, 0.717) is 11.9 Å². The Balaban J connectivity index is 1.70. The second-order valence-corrected chi connectivity index (χ2v) is 6.00. The number of nitrogens with one attached hydrogen (secondary N) is 1. The third kappa shape index (κ3) is 3.95. The largest absolute Gasteiger partial charge is 0.340 e. The maximum Gasteiger partial charge on any atom is 0.222 e. The number of nitrogens with zero attached hydrogens (tertiary/aromatic N) is 2. The van der Waals surface area contributed by atoms with Crippen molar-refractivity contribution in [3.8, 4) is 0 Å². The first kappa shape index (κ1) is 13.8. The summed E-state index contributed by atoms with van der Waals surface area (Å²) in [6.45, 7) is 7.25. The van der Waals surface area contributed by atoms with Crippen LogP contribution in [-0.2, 0) is 4.79 Å². The number of rotatable bonds is 3. The zero-order valence-corrected chi connectivity index (χ0v) is 11.8. The Morgan fingerprint density at radius 1 is 1.33 bits per heavy atom. The molecule has 0 bridgehead atoms. The Morgan fingerprint density at radius 2 is 2.17 bits per heavy atom. The molecule has 0 saturated carbocycles. The van der Waals surface area contributed by atoms with Gasteiger partial charge in [0.2, 0.25) is 5.91 Å². The maximum atomic E-state index is 12.2. The molecule has 4 heteroatoms. The number of amides is 1. The number of hydrogen-bond acceptors (Lipinski definition) is 3. The summed E-state index contributed by atoms with van der Waals surface area (Å²) < 4.78 is 0. The zero-order valence-electron chi connectivity index (χ0n) is 11.8. The topological polar surface area (TPSA) is 35.6 Å². The van der Waals surface area contributed by atoms with E-state index in [9.17, 15) is 4.79 Å². The molecule has 0 aliphatic carbocycles. The smallest absolute Gasteiger partial charge is 0.222 e. The van der Waals surface area contributed by atoms with Crippen LogP contribution < -0.4 is 5.32 Å².